The zero-order chi connectivity index (χ0) is 14.0. The molecule has 1 aliphatic rings. The lowest BCUT2D eigenvalue weighted by Gasteiger charge is -2.30. The van der Waals surface area contributed by atoms with Crippen molar-refractivity contribution in [3.63, 3.8) is 0 Å². The van der Waals surface area contributed by atoms with Crippen LogP contribution in [0.15, 0.2) is 0 Å². The summed E-state index contributed by atoms with van der Waals surface area (Å²) in [6.07, 6.45) is 2.45. The average molecular weight is 256 g/mol. The van der Waals surface area contributed by atoms with Crippen LogP contribution >= 0.6 is 0 Å². The summed E-state index contributed by atoms with van der Waals surface area (Å²) >= 11 is 0. The molecule has 3 nitrogen and oxygen atoms in total. The van der Waals surface area contributed by atoms with Crippen molar-refractivity contribution in [2.24, 2.45) is 11.3 Å². The van der Waals surface area contributed by atoms with E-state index in [0.717, 1.165) is 12.8 Å². The lowest BCUT2D eigenvalue weighted by atomic mass is 9.74. The van der Waals surface area contributed by atoms with E-state index in [2.05, 4.69) is 27.7 Å². The fraction of sp³-hybridized carbons (Fsp3) is 0.933. The Morgan fingerprint density at radius 3 is 2.50 bits per heavy atom. The van der Waals surface area contributed by atoms with E-state index < -0.39 is 5.79 Å². The van der Waals surface area contributed by atoms with Crippen LogP contribution in [0.2, 0.25) is 0 Å². The molecular weight excluding hydrogens is 228 g/mol. The first-order chi connectivity index (χ1) is 8.19. The highest BCUT2D eigenvalue weighted by atomic mass is 16.7. The van der Waals surface area contributed by atoms with Gasteiger partial charge in [-0.25, -0.2) is 0 Å². The van der Waals surface area contributed by atoms with Gasteiger partial charge in [0.05, 0.1) is 12.7 Å². The molecule has 1 aliphatic heterocycles. The fourth-order valence-corrected chi connectivity index (χ4v) is 2.30. The minimum atomic E-state index is -0.486. The maximum absolute atomic E-state index is 12.3. The Hall–Kier alpha value is -0.410. The molecule has 1 fully saturated rings. The van der Waals surface area contributed by atoms with E-state index >= 15 is 0 Å². The number of carbonyl (C=O) groups excluding carboxylic acids is 1. The highest BCUT2D eigenvalue weighted by Crippen LogP contribution is 2.33. The number of hydrogen-bond donors (Lipinski definition) is 0. The number of carbonyl (C=O) groups is 1. The van der Waals surface area contributed by atoms with Crippen molar-refractivity contribution in [3.8, 4) is 0 Å². The van der Waals surface area contributed by atoms with Gasteiger partial charge in [0.1, 0.15) is 5.78 Å². The second kappa shape index (κ2) is 5.70. The summed E-state index contributed by atoms with van der Waals surface area (Å²) < 4.78 is 11.2. The number of rotatable bonds is 6. The molecule has 0 aliphatic carbocycles. The lowest BCUT2D eigenvalue weighted by molar-refractivity contribution is -0.141. The van der Waals surface area contributed by atoms with Crippen molar-refractivity contribution in [1.29, 1.82) is 0 Å². The van der Waals surface area contributed by atoms with Crippen LogP contribution in [0.3, 0.4) is 0 Å². The third-order valence-electron chi connectivity index (χ3n) is 4.32. The van der Waals surface area contributed by atoms with E-state index in [-0.39, 0.29) is 11.5 Å². The van der Waals surface area contributed by atoms with Crippen LogP contribution in [0.1, 0.15) is 60.8 Å². The van der Waals surface area contributed by atoms with Gasteiger partial charge in [-0.1, -0.05) is 34.1 Å². The predicted octanol–water partition coefficient (Wildman–Crippen LogP) is 3.56. The molecule has 0 radical (unpaired) electrons. The molecule has 0 amide bonds. The maximum Gasteiger partial charge on any atom is 0.163 e. The molecule has 0 bridgehead atoms. The van der Waals surface area contributed by atoms with Gasteiger partial charge in [0, 0.05) is 11.8 Å². The van der Waals surface area contributed by atoms with Crippen LogP contribution in [0.4, 0.5) is 0 Å². The monoisotopic (exact) mass is 256 g/mol. The van der Waals surface area contributed by atoms with E-state index in [0.29, 0.717) is 24.7 Å². The Kier molecular flexibility index (Phi) is 4.96. The minimum Gasteiger partial charge on any atom is -0.348 e. The van der Waals surface area contributed by atoms with Gasteiger partial charge in [-0.2, -0.15) is 0 Å². The quantitative estimate of drug-likeness (QED) is 0.729. The SMILES string of the molecule is CCC(C)C(C)(C)C(=O)CCC1COC(C)(C)O1. The van der Waals surface area contributed by atoms with Crippen LogP contribution in [0, 0.1) is 11.3 Å². The molecule has 106 valence electrons. The Balaban J connectivity index is 2.42. The predicted molar refractivity (Wildman–Crippen MR) is 72.4 cm³/mol. The highest BCUT2D eigenvalue weighted by Gasteiger charge is 2.35. The molecule has 1 saturated heterocycles. The number of Topliss-reactive ketones (excluding diaryl/α,β-unsaturated/α-hetero) is 1. The summed E-state index contributed by atoms with van der Waals surface area (Å²) in [7, 11) is 0. The highest BCUT2D eigenvalue weighted by molar-refractivity contribution is 5.84. The Bertz CT molecular complexity index is 294. The first-order valence-corrected chi connectivity index (χ1v) is 7.04. The average Bonchev–Trinajstić information content (AvgIpc) is 2.64. The summed E-state index contributed by atoms with van der Waals surface area (Å²) in [5, 5.41) is 0. The normalized spacial score (nSPS) is 25.1. The van der Waals surface area contributed by atoms with Crippen molar-refractivity contribution in [1.82, 2.24) is 0 Å². The van der Waals surface area contributed by atoms with Crippen LogP contribution in [-0.2, 0) is 14.3 Å². The van der Waals surface area contributed by atoms with Crippen LogP contribution in [0.25, 0.3) is 0 Å². The minimum absolute atomic E-state index is 0.0664. The van der Waals surface area contributed by atoms with Gasteiger partial charge in [-0.3, -0.25) is 4.79 Å². The Morgan fingerprint density at radius 1 is 1.44 bits per heavy atom. The van der Waals surface area contributed by atoms with E-state index in [9.17, 15) is 4.79 Å². The molecule has 1 heterocycles. The zero-order valence-corrected chi connectivity index (χ0v) is 12.7. The summed E-state index contributed by atoms with van der Waals surface area (Å²) in [6.45, 7) is 12.8. The molecule has 2 unspecified atom stereocenters. The molecule has 0 N–H and O–H groups in total. The van der Waals surface area contributed by atoms with Gasteiger partial charge in [0.25, 0.3) is 0 Å². The first-order valence-electron chi connectivity index (χ1n) is 7.04. The lowest BCUT2D eigenvalue weighted by Crippen LogP contribution is -2.32. The van der Waals surface area contributed by atoms with E-state index in [1.54, 1.807) is 0 Å². The van der Waals surface area contributed by atoms with E-state index in [1.165, 1.54) is 0 Å². The van der Waals surface area contributed by atoms with Gasteiger partial charge >= 0.3 is 0 Å². The second-order valence-corrected chi connectivity index (χ2v) is 6.44. The molecule has 0 saturated carbocycles. The van der Waals surface area contributed by atoms with Crippen LogP contribution in [-0.4, -0.2) is 24.3 Å². The van der Waals surface area contributed by atoms with E-state index in [4.69, 9.17) is 9.47 Å². The second-order valence-electron chi connectivity index (χ2n) is 6.44. The number of hydrogen-bond acceptors (Lipinski definition) is 3. The number of ketones is 1. The molecular formula is C15H28O3. The molecule has 0 aromatic rings. The van der Waals surface area contributed by atoms with Gasteiger partial charge in [0.15, 0.2) is 5.79 Å². The third-order valence-corrected chi connectivity index (χ3v) is 4.32. The van der Waals surface area contributed by atoms with Crippen LogP contribution < -0.4 is 0 Å². The van der Waals surface area contributed by atoms with Gasteiger partial charge < -0.3 is 9.47 Å². The summed E-state index contributed by atoms with van der Waals surface area (Å²) in [4.78, 5) is 12.3. The molecule has 0 aromatic heterocycles. The zero-order valence-electron chi connectivity index (χ0n) is 12.7. The third kappa shape index (κ3) is 3.79. The van der Waals surface area contributed by atoms with Crippen molar-refractivity contribution in [2.45, 2.75) is 72.7 Å². The Morgan fingerprint density at radius 2 is 2.06 bits per heavy atom. The standard InChI is InChI=1S/C15H28O3/c1-7-11(2)14(3,4)13(16)9-8-12-10-17-15(5,6)18-12/h11-12H,7-10H2,1-6H3. The summed E-state index contributed by atoms with van der Waals surface area (Å²) in [5.74, 6) is 0.271. The fourth-order valence-electron chi connectivity index (χ4n) is 2.30. The van der Waals surface area contributed by atoms with E-state index in [1.807, 2.05) is 13.8 Å². The van der Waals surface area contributed by atoms with Crippen molar-refractivity contribution < 1.29 is 14.3 Å². The van der Waals surface area contributed by atoms with Gasteiger partial charge in [0.2, 0.25) is 0 Å². The summed E-state index contributed by atoms with van der Waals surface area (Å²) in [6, 6.07) is 0. The topological polar surface area (TPSA) is 35.5 Å². The smallest absolute Gasteiger partial charge is 0.163 e. The van der Waals surface area contributed by atoms with Crippen molar-refractivity contribution >= 4 is 5.78 Å². The first kappa shape index (κ1) is 15.6. The van der Waals surface area contributed by atoms with Gasteiger partial charge in [-0.15, -0.1) is 0 Å². The molecule has 0 spiro atoms. The molecule has 18 heavy (non-hydrogen) atoms. The van der Waals surface area contributed by atoms with Crippen LogP contribution in [0.5, 0.6) is 0 Å². The summed E-state index contributed by atoms with van der Waals surface area (Å²) in [5.41, 5.74) is -0.232. The van der Waals surface area contributed by atoms with Crippen molar-refractivity contribution in [2.75, 3.05) is 6.61 Å². The molecule has 3 heteroatoms. The van der Waals surface area contributed by atoms with Gasteiger partial charge in [-0.05, 0) is 26.2 Å². The number of ether oxygens (including phenoxy) is 2. The maximum atomic E-state index is 12.3. The molecule has 0 aromatic carbocycles. The molecule has 2 atom stereocenters. The Labute approximate surface area is 111 Å². The largest absolute Gasteiger partial charge is 0.348 e. The van der Waals surface area contributed by atoms with Crippen molar-refractivity contribution in [3.05, 3.63) is 0 Å². The molecule has 1 rings (SSSR count).